The third kappa shape index (κ3) is 3.78. The number of esters is 1. The summed E-state index contributed by atoms with van der Waals surface area (Å²) < 4.78 is 24.7. The van der Waals surface area contributed by atoms with Gasteiger partial charge in [0.1, 0.15) is 29.3 Å². The number of ether oxygens (including phenoxy) is 2. The van der Waals surface area contributed by atoms with Crippen molar-refractivity contribution in [2.75, 3.05) is 0 Å². The monoisotopic (exact) mass is 375 g/mol. The van der Waals surface area contributed by atoms with Crippen LogP contribution in [0.5, 0.6) is 11.6 Å². The summed E-state index contributed by atoms with van der Waals surface area (Å²) in [6, 6.07) is 13.0. The molecule has 0 aliphatic rings. The van der Waals surface area contributed by atoms with E-state index in [1.807, 2.05) is 0 Å². The number of aromatic nitrogens is 3. The number of nitrogens with zero attached hydrogens (tertiary/aromatic N) is 3. The van der Waals surface area contributed by atoms with Crippen molar-refractivity contribution in [2.45, 2.75) is 6.61 Å². The highest BCUT2D eigenvalue weighted by Crippen LogP contribution is 2.23. The molecule has 1 aromatic carbocycles. The van der Waals surface area contributed by atoms with Gasteiger partial charge in [-0.2, -0.15) is 0 Å². The highest BCUT2D eigenvalue weighted by Gasteiger charge is 2.16. The Labute approximate surface area is 159 Å². The number of carbonyl (C=O) groups excluding carboxylic acids is 1. The van der Waals surface area contributed by atoms with Crippen molar-refractivity contribution >= 4 is 16.9 Å². The fourth-order valence-corrected chi connectivity index (χ4v) is 2.62. The second-order valence-corrected chi connectivity index (χ2v) is 5.88. The lowest BCUT2D eigenvalue weighted by Gasteiger charge is -2.10. The number of halogens is 1. The zero-order valence-corrected chi connectivity index (χ0v) is 14.6. The van der Waals surface area contributed by atoms with Gasteiger partial charge in [0.05, 0.1) is 6.20 Å². The maximum Gasteiger partial charge on any atom is 0.344 e. The molecule has 7 heteroatoms. The first-order chi connectivity index (χ1) is 13.7. The molecule has 0 saturated carbocycles. The fraction of sp³-hybridized carbons (Fsp3) is 0.0476. The first kappa shape index (κ1) is 17.5. The summed E-state index contributed by atoms with van der Waals surface area (Å²) >= 11 is 0. The van der Waals surface area contributed by atoms with Crippen molar-refractivity contribution in [1.82, 2.24) is 15.0 Å². The lowest BCUT2D eigenvalue weighted by Crippen LogP contribution is -2.08. The summed E-state index contributed by atoms with van der Waals surface area (Å²) in [5.74, 6) is -0.407. The maximum absolute atomic E-state index is 13.7. The summed E-state index contributed by atoms with van der Waals surface area (Å²) in [4.78, 5) is 24.7. The van der Waals surface area contributed by atoms with Gasteiger partial charge in [-0.05, 0) is 36.4 Å². The zero-order valence-electron chi connectivity index (χ0n) is 14.6. The van der Waals surface area contributed by atoms with Gasteiger partial charge in [-0.25, -0.2) is 14.2 Å². The maximum atomic E-state index is 13.7. The Morgan fingerprint density at radius 3 is 2.75 bits per heavy atom. The normalized spacial score (nSPS) is 10.6. The van der Waals surface area contributed by atoms with Crippen molar-refractivity contribution < 1.29 is 18.7 Å². The van der Waals surface area contributed by atoms with Gasteiger partial charge in [-0.1, -0.05) is 12.1 Å². The van der Waals surface area contributed by atoms with Crippen LogP contribution in [-0.2, 0) is 11.3 Å². The van der Waals surface area contributed by atoms with Gasteiger partial charge in [0.2, 0.25) is 5.88 Å². The van der Waals surface area contributed by atoms with Crippen LogP contribution in [0.1, 0.15) is 15.9 Å². The van der Waals surface area contributed by atoms with Crippen molar-refractivity contribution in [3.63, 3.8) is 0 Å². The van der Waals surface area contributed by atoms with E-state index in [9.17, 15) is 9.18 Å². The number of carbonyl (C=O) groups is 1. The molecule has 4 aromatic rings. The molecule has 28 heavy (non-hydrogen) atoms. The van der Waals surface area contributed by atoms with E-state index < -0.39 is 11.8 Å². The summed E-state index contributed by atoms with van der Waals surface area (Å²) in [5, 5.41) is 0.635. The van der Waals surface area contributed by atoms with E-state index in [4.69, 9.17) is 9.47 Å². The Balaban J connectivity index is 1.50. The number of pyridine rings is 3. The Hall–Kier alpha value is -3.87. The van der Waals surface area contributed by atoms with Gasteiger partial charge in [0.25, 0.3) is 0 Å². The molecule has 4 rings (SSSR count). The largest absolute Gasteiger partial charge is 0.457 e. The van der Waals surface area contributed by atoms with E-state index in [2.05, 4.69) is 15.0 Å². The minimum atomic E-state index is -0.591. The van der Waals surface area contributed by atoms with E-state index in [0.717, 1.165) is 0 Å². The predicted octanol–water partition coefficient (Wildman–Crippen LogP) is 4.31. The average molecular weight is 375 g/mol. The molecule has 3 aromatic heterocycles. The van der Waals surface area contributed by atoms with E-state index in [0.29, 0.717) is 16.7 Å². The van der Waals surface area contributed by atoms with Gasteiger partial charge >= 0.3 is 5.97 Å². The summed E-state index contributed by atoms with van der Waals surface area (Å²) in [5.41, 5.74) is 1.10. The molecule has 0 atom stereocenters. The third-order valence-electron chi connectivity index (χ3n) is 3.93. The standard InChI is InChI=1S/C21H14FN3O3/c22-18-7-1-4-15-10-14(11-25-19(15)18)13-27-21(26)17-6-3-9-24-20(17)28-16-5-2-8-23-12-16/h1-12H,13H2. The van der Waals surface area contributed by atoms with Crippen molar-refractivity contribution in [2.24, 2.45) is 0 Å². The molecular formula is C21H14FN3O3. The molecule has 0 aliphatic carbocycles. The van der Waals surface area contributed by atoms with E-state index in [1.165, 1.54) is 24.7 Å². The van der Waals surface area contributed by atoms with Gasteiger partial charge in [-0.15, -0.1) is 0 Å². The summed E-state index contributed by atoms with van der Waals surface area (Å²) in [6.07, 6.45) is 6.13. The first-order valence-corrected chi connectivity index (χ1v) is 8.44. The molecule has 0 fully saturated rings. The molecule has 0 radical (unpaired) electrons. The highest BCUT2D eigenvalue weighted by atomic mass is 19.1. The zero-order chi connectivity index (χ0) is 19.3. The van der Waals surface area contributed by atoms with Crippen LogP contribution in [0.3, 0.4) is 0 Å². The minimum Gasteiger partial charge on any atom is -0.457 e. The third-order valence-corrected chi connectivity index (χ3v) is 3.93. The molecule has 3 heterocycles. The van der Waals surface area contributed by atoms with Crippen LogP contribution in [-0.4, -0.2) is 20.9 Å². The SMILES string of the molecule is O=C(OCc1cnc2c(F)cccc2c1)c1cccnc1Oc1cccnc1. The number of hydrogen-bond acceptors (Lipinski definition) is 6. The second-order valence-electron chi connectivity index (χ2n) is 5.88. The Morgan fingerprint density at radius 1 is 1.00 bits per heavy atom. The van der Waals surface area contributed by atoms with Crippen LogP contribution >= 0.6 is 0 Å². The van der Waals surface area contributed by atoms with E-state index >= 15 is 0 Å². The van der Waals surface area contributed by atoms with E-state index in [1.54, 1.807) is 48.7 Å². The summed E-state index contributed by atoms with van der Waals surface area (Å²) in [7, 11) is 0. The van der Waals surface area contributed by atoms with Crippen molar-refractivity contribution in [3.8, 4) is 11.6 Å². The van der Waals surface area contributed by atoms with Crippen LogP contribution in [0.2, 0.25) is 0 Å². The Kier molecular flexibility index (Phi) is 4.88. The molecule has 0 aliphatic heterocycles. The molecule has 0 N–H and O–H groups in total. The first-order valence-electron chi connectivity index (χ1n) is 8.44. The van der Waals surface area contributed by atoms with Gasteiger partial charge in [0, 0.05) is 29.5 Å². The number of fused-ring (bicyclic) bond motifs is 1. The molecule has 6 nitrogen and oxygen atoms in total. The lowest BCUT2D eigenvalue weighted by atomic mass is 10.1. The number of rotatable bonds is 5. The van der Waals surface area contributed by atoms with Crippen molar-refractivity contribution in [1.29, 1.82) is 0 Å². The van der Waals surface area contributed by atoms with Crippen LogP contribution < -0.4 is 4.74 Å². The molecular weight excluding hydrogens is 361 g/mol. The van der Waals surface area contributed by atoms with Crippen LogP contribution in [0.25, 0.3) is 10.9 Å². The van der Waals surface area contributed by atoms with Crippen LogP contribution in [0.15, 0.2) is 73.3 Å². The minimum absolute atomic E-state index is 0.0144. The number of benzene rings is 1. The van der Waals surface area contributed by atoms with Gasteiger partial charge in [-0.3, -0.25) is 9.97 Å². The van der Waals surface area contributed by atoms with Crippen LogP contribution in [0, 0.1) is 5.82 Å². The quantitative estimate of drug-likeness (QED) is 0.484. The fourth-order valence-electron chi connectivity index (χ4n) is 2.62. The molecule has 0 unspecified atom stereocenters. The highest BCUT2D eigenvalue weighted by molar-refractivity contribution is 5.92. The molecule has 138 valence electrons. The topological polar surface area (TPSA) is 74.2 Å². The second kappa shape index (κ2) is 7.79. The molecule has 0 spiro atoms. The Bertz CT molecular complexity index is 1140. The molecule has 0 amide bonds. The van der Waals surface area contributed by atoms with Crippen LogP contribution in [0.4, 0.5) is 4.39 Å². The lowest BCUT2D eigenvalue weighted by molar-refractivity contribution is 0.0469. The number of para-hydroxylation sites is 1. The summed E-state index contributed by atoms with van der Waals surface area (Å²) in [6.45, 7) is -0.0144. The van der Waals surface area contributed by atoms with Gasteiger partial charge < -0.3 is 9.47 Å². The predicted molar refractivity (Wildman–Crippen MR) is 99.4 cm³/mol. The molecule has 0 bridgehead atoms. The smallest absolute Gasteiger partial charge is 0.344 e. The van der Waals surface area contributed by atoms with Crippen molar-refractivity contribution in [3.05, 3.63) is 90.3 Å². The molecule has 0 saturated heterocycles. The average Bonchev–Trinajstić information content (AvgIpc) is 2.73. The number of hydrogen-bond donors (Lipinski definition) is 0. The van der Waals surface area contributed by atoms with Gasteiger partial charge in [0.15, 0.2) is 0 Å². The Morgan fingerprint density at radius 2 is 1.89 bits per heavy atom. The van der Waals surface area contributed by atoms with E-state index in [-0.39, 0.29) is 23.6 Å².